The molecule has 0 bridgehead atoms. The van der Waals surface area contributed by atoms with Crippen LogP contribution in [0.4, 0.5) is 0 Å². The quantitative estimate of drug-likeness (QED) is 0.398. The van der Waals surface area contributed by atoms with Crippen LogP contribution in [0.15, 0.2) is 0 Å². The van der Waals surface area contributed by atoms with Gasteiger partial charge >= 0.3 is 11.9 Å². The summed E-state index contributed by atoms with van der Waals surface area (Å²) < 4.78 is 5.14. The van der Waals surface area contributed by atoms with E-state index in [0.717, 1.165) is 6.42 Å². The minimum absolute atomic E-state index is 0.167. The fraction of sp³-hybridized carbons (Fsp3) is 0.818. The fourth-order valence-electron chi connectivity index (χ4n) is 0.755. The van der Waals surface area contributed by atoms with Crippen LogP contribution in [-0.2, 0) is 14.3 Å². The van der Waals surface area contributed by atoms with E-state index in [9.17, 15) is 9.59 Å². The average molecular weight is 280 g/mol. The molecule has 0 aromatic heterocycles. The first-order chi connectivity index (χ1) is 7.90. The zero-order valence-electron chi connectivity index (χ0n) is 10.5. The van der Waals surface area contributed by atoms with Crippen molar-refractivity contribution < 1.29 is 19.4 Å². The van der Waals surface area contributed by atoms with Gasteiger partial charge in [-0.15, -0.1) is 0 Å². The van der Waals surface area contributed by atoms with Crippen LogP contribution in [0.25, 0.3) is 0 Å². The van der Waals surface area contributed by atoms with E-state index >= 15 is 0 Å². The Kier molecular flexibility index (Phi) is 8.51. The minimum Gasteiger partial charge on any atom is -0.481 e. The van der Waals surface area contributed by atoms with Crippen molar-refractivity contribution in [2.24, 2.45) is 5.41 Å². The first-order valence-electron chi connectivity index (χ1n) is 5.53. The maximum Gasteiger partial charge on any atom is 0.311 e. The van der Waals surface area contributed by atoms with Crippen LogP contribution >= 0.6 is 21.6 Å². The molecular weight excluding hydrogens is 260 g/mol. The Morgan fingerprint density at radius 2 is 1.82 bits per heavy atom. The molecule has 0 aliphatic heterocycles. The number of rotatable bonds is 9. The summed E-state index contributed by atoms with van der Waals surface area (Å²) in [6.45, 7) is 6.07. The van der Waals surface area contributed by atoms with E-state index in [2.05, 4.69) is 0 Å². The first-order valence-corrected chi connectivity index (χ1v) is 8.02. The summed E-state index contributed by atoms with van der Waals surface area (Å²) in [7, 11) is 3.02. The summed E-state index contributed by atoms with van der Waals surface area (Å²) in [5, 5.41) is 8.41. The van der Waals surface area contributed by atoms with Gasteiger partial charge in [-0.05, 0) is 20.3 Å². The number of carboxylic acid groups (broad SMARTS) is 1. The molecule has 0 aromatic carbocycles. The lowest BCUT2D eigenvalue weighted by molar-refractivity contribution is -0.153. The van der Waals surface area contributed by atoms with Crippen LogP contribution < -0.4 is 0 Å². The van der Waals surface area contributed by atoms with Gasteiger partial charge in [0.15, 0.2) is 0 Å². The van der Waals surface area contributed by atoms with Gasteiger partial charge in [0, 0.05) is 11.5 Å². The topological polar surface area (TPSA) is 63.6 Å². The molecular formula is C11H20O4S2. The van der Waals surface area contributed by atoms with Crippen molar-refractivity contribution in [2.45, 2.75) is 33.6 Å². The second-order valence-electron chi connectivity index (χ2n) is 4.16. The van der Waals surface area contributed by atoms with Crippen molar-refractivity contribution >= 4 is 33.5 Å². The Hall–Kier alpha value is -0.360. The molecule has 0 aliphatic rings. The molecule has 0 amide bonds. The normalized spacial score (nSPS) is 11.2. The maximum atomic E-state index is 11.6. The van der Waals surface area contributed by atoms with Crippen molar-refractivity contribution in [3.63, 3.8) is 0 Å². The standard InChI is InChI=1S/C11H20O4S2/c1-4-11(2,3)10(14)15-6-8-17-16-7-5-9(12)13/h4-8H2,1-3H3,(H,12,13). The molecule has 100 valence electrons. The number of carboxylic acids is 1. The van der Waals surface area contributed by atoms with Crippen LogP contribution in [0.1, 0.15) is 33.6 Å². The van der Waals surface area contributed by atoms with Gasteiger partial charge in [0.1, 0.15) is 6.61 Å². The third kappa shape index (κ3) is 8.37. The third-order valence-electron chi connectivity index (χ3n) is 2.32. The molecule has 0 heterocycles. The molecule has 0 aliphatic carbocycles. The van der Waals surface area contributed by atoms with Crippen molar-refractivity contribution in [3.8, 4) is 0 Å². The molecule has 0 saturated carbocycles. The third-order valence-corrected chi connectivity index (χ3v) is 4.69. The Morgan fingerprint density at radius 3 is 2.35 bits per heavy atom. The molecule has 6 heteroatoms. The van der Waals surface area contributed by atoms with Gasteiger partial charge in [0.25, 0.3) is 0 Å². The minimum atomic E-state index is -0.783. The Morgan fingerprint density at radius 1 is 1.24 bits per heavy atom. The lowest BCUT2D eigenvalue weighted by Gasteiger charge is -2.20. The van der Waals surface area contributed by atoms with Crippen LogP contribution in [0.3, 0.4) is 0 Å². The molecule has 0 unspecified atom stereocenters. The Balaban J connectivity index is 3.46. The summed E-state index contributed by atoms with van der Waals surface area (Å²) in [6.07, 6.45) is 0.923. The second kappa shape index (κ2) is 8.69. The van der Waals surface area contributed by atoms with Crippen LogP contribution in [0, 0.1) is 5.41 Å². The largest absolute Gasteiger partial charge is 0.481 e. The van der Waals surface area contributed by atoms with Crippen LogP contribution in [0.5, 0.6) is 0 Å². The summed E-state index contributed by atoms with van der Waals surface area (Å²) in [4.78, 5) is 21.8. The van der Waals surface area contributed by atoms with Crippen LogP contribution in [-0.4, -0.2) is 35.2 Å². The Labute approximate surface area is 110 Å². The predicted octanol–water partition coefficient (Wildman–Crippen LogP) is 2.82. The summed E-state index contributed by atoms with van der Waals surface area (Å²) in [5.74, 6) is 0.315. The molecule has 17 heavy (non-hydrogen) atoms. The van der Waals surface area contributed by atoms with Crippen molar-refractivity contribution in [2.75, 3.05) is 18.1 Å². The lowest BCUT2D eigenvalue weighted by Crippen LogP contribution is -2.26. The molecule has 0 fully saturated rings. The summed E-state index contributed by atoms with van der Waals surface area (Å²) in [5.41, 5.74) is -0.416. The zero-order valence-corrected chi connectivity index (χ0v) is 12.2. The van der Waals surface area contributed by atoms with Gasteiger partial charge in [-0.1, -0.05) is 28.5 Å². The highest BCUT2D eigenvalue weighted by Crippen LogP contribution is 2.23. The SMILES string of the molecule is CCC(C)(C)C(=O)OCCSSCCC(=O)O. The van der Waals surface area contributed by atoms with Gasteiger partial charge in [-0.2, -0.15) is 0 Å². The van der Waals surface area contributed by atoms with E-state index < -0.39 is 11.4 Å². The molecule has 4 nitrogen and oxygen atoms in total. The maximum absolute atomic E-state index is 11.6. The number of carbonyl (C=O) groups excluding carboxylic acids is 1. The van der Waals surface area contributed by atoms with Gasteiger partial charge in [-0.25, -0.2) is 0 Å². The smallest absolute Gasteiger partial charge is 0.311 e. The predicted molar refractivity (Wildman–Crippen MR) is 72.2 cm³/mol. The number of esters is 1. The molecule has 0 aromatic rings. The number of ether oxygens (including phenoxy) is 1. The number of carbonyl (C=O) groups is 2. The van der Waals surface area contributed by atoms with Gasteiger partial charge in [0.05, 0.1) is 11.8 Å². The average Bonchev–Trinajstić information content (AvgIpc) is 2.27. The van der Waals surface area contributed by atoms with E-state index in [-0.39, 0.29) is 12.4 Å². The van der Waals surface area contributed by atoms with Crippen LogP contribution in [0.2, 0.25) is 0 Å². The molecule has 0 rings (SSSR count). The molecule has 0 radical (unpaired) electrons. The highest BCUT2D eigenvalue weighted by atomic mass is 33.1. The fourth-order valence-corrected chi connectivity index (χ4v) is 2.56. The Bertz CT molecular complexity index is 254. The molecule has 0 saturated heterocycles. The lowest BCUT2D eigenvalue weighted by atomic mass is 9.91. The van der Waals surface area contributed by atoms with E-state index in [0.29, 0.717) is 18.1 Å². The summed E-state index contributed by atoms with van der Waals surface area (Å²) >= 11 is 0. The first kappa shape index (κ1) is 16.6. The second-order valence-corrected chi connectivity index (χ2v) is 6.86. The van der Waals surface area contributed by atoms with Gasteiger partial charge in [0.2, 0.25) is 0 Å². The zero-order chi connectivity index (χ0) is 13.3. The molecule has 1 N–H and O–H groups in total. The van der Waals surface area contributed by atoms with E-state index in [1.807, 2.05) is 20.8 Å². The highest BCUT2D eigenvalue weighted by molar-refractivity contribution is 8.76. The van der Waals surface area contributed by atoms with E-state index in [1.54, 1.807) is 0 Å². The monoisotopic (exact) mass is 280 g/mol. The van der Waals surface area contributed by atoms with Crippen molar-refractivity contribution in [3.05, 3.63) is 0 Å². The number of hydrogen-bond donors (Lipinski definition) is 1. The van der Waals surface area contributed by atoms with E-state index in [1.165, 1.54) is 21.6 Å². The number of hydrogen-bond acceptors (Lipinski definition) is 5. The van der Waals surface area contributed by atoms with Gasteiger partial charge in [-0.3, -0.25) is 9.59 Å². The summed E-state index contributed by atoms with van der Waals surface area (Å²) in [6, 6.07) is 0. The highest BCUT2D eigenvalue weighted by Gasteiger charge is 2.26. The molecule has 0 atom stereocenters. The van der Waals surface area contributed by atoms with Crippen molar-refractivity contribution in [1.82, 2.24) is 0 Å². The number of aliphatic carboxylic acids is 1. The van der Waals surface area contributed by atoms with E-state index in [4.69, 9.17) is 9.84 Å². The molecule has 0 spiro atoms. The van der Waals surface area contributed by atoms with Crippen molar-refractivity contribution in [1.29, 1.82) is 0 Å². The van der Waals surface area contributed by atoms with Gasteiger partial charge < -0.3 is 9.84 Å².